The fraction of sp³-hybridized carbons (Fsp3) is 0.242. The zero-order valence-corrected chi connectivity index (χ0v) is 43.5. The number of anilines is 2. The van der Waals surface area contributed by atoms with Gasteiger partial charge >= 0.3 is 6.85 Å². The van der Waals surface area contributed by atoms with Crippen LogP contribution in [0, 0.1) is 0 Å². The molecule has 14 rings (SSSR count). The summed E-state index contributed by atoms with van der Waals surface area (Å²) in [6.45, 7) is 23.7. The molecule has 348 valence electrons. The third-order valence-corrected chi connectivity index (χ3v) is 18.1. The van der Waals surface area contributed by atoms with Crippen LogP contribution in [-0.2, 0) is 21.7 Å². The highest BCUT2D eigenvalue weighted by atomic mass is 32.1. The standard InChI is InChI=1S/C66H59BN2OS/c1-63(2,3)40-25-28-42(29-26-40)69-50-30-27-41(64(4,5)6)33-44(50)58-59-60-56(57-43-23-17-18-24-54(43)71-62(57)58)45-34-47-48(66(9,10)32-31-65(47,7)8)36-51(45)68(60)52-35-46-53(37-49(52)67(59)69)70-61(39-21-15-12-16-22-39)55(46)38-19-13-11-14-20-38/h11-30,33-37H,31-32H2,1-10H3. The van der Waals surface area contributed by atoms with E-state index in [4.69, 9.17) is 4.42 Å². The van der Waals surface area contributed by atoms with Gasteiger partial charge in [0.1, 0.15) is 11.3 Å². The van der Waals surface area contributed by atoms with Crippen molar-refractivity contribution in [1.29, 1.82) is 0 Å². The first-order valence-electron chi connectivity index (χ1n) is 25.7. The molecule has 0 spiro atoms. The van der Waals surface area contributed by atoms with Gasteiger partial charge in [-0.3, -0.25) is 0 Å². The number of fused-ring (bicyclic) bond motifs is 15. The van der Waals surface area contributed by atoms with Crippen LogP contribution in [0.5, 0.6) is 0 Å². The molecule has 5 heteroatoms. The summed E-state index contributed by atoms with van der Waals surface area (Å²) in [6.07, 6.45) is 2.31. The Hall–Kier alpha value is -6.82. The fourth-order valence-electron chi connectivity index (χ4n) is 13.0. The van der Waals surface area contributed by atoms with Crippen molar-refractivity contribution in [2.75, 3.05) is 4.81 Å². The molecule has 71 heavy (non-hydrogen) atoms. The van der Waals surface area contributed by atoms with E-state index >= 15 is 0 Å². The van der Waals surface area contributed by atoms with Gasteiger partial charge in [-0.15, -0.1) is 11.3 Å². The molecule has 2 aliphatic heterocycles. The van der Waals surface area contributed by atoms with Crippen LogP contribution in [0.3, 0.4) is 0 Å². The maximum Gasteiger partial charge on any atom is 0.333 e. The normalized spacial score (nSPS) is 15.8. The number of benzene rings is 8. The summed E-state index contributed by atoms with van der Waals surface area (Å²) in [5, 5.41) is 6.58. The van der Waals surface area contributed by atoms with Crippen molar-refractivity contribution in [3.8, 4) is 39.3 Å². The van der Waals surface area contributed by atoms with E-state index in [2.05, 4.69) is 230 Å². The van der Waals surface area contributed by atoms with Crippen LogP contribution in [0.15, 0.2) is 156 Å². The van der Waals surface area contributed by atoms with E-state index in [0.29, 0.717) is 0 Å². The molecule has 0 N–H and O–H groups in total. The lowest BCUT2D eigenvalue weighted by molar-refractivity contribution is 0.332. The summed E-state index contributed by atoms with van der Waals surface area (Å²) < 4.78 is 12.7. The predicted octanol–water partition coefficient (Wildman–Crippen LogP) is 17.4. The molecule has 1 aliphatic carbocycles. The lowest BCUT2D eigenvalue weighted by Gasteiger charge is -2.43. The number of thiophene rings is 1. The Labute approximate surface area is 421 Å². The van der Waals surface area contributed by atoms with Crippen molar-refractivity contribution in [3.63, 3.8) is 0 Å². The van der Waals surface area contributed by atoms with Gasteiger partial charge in [-0.2, -0.15) is 0 Å². The smallest absolute Gasteiger partial charge is 0.333 e. The molecule has 0 unspecified atom stereocenters. The second kappa shape index (κ2) is 14.4. The Bertz CT molecular complexity index is 4060. The molecule has 0 fully saturated rings. The van der Waals surface area contributed by atoms with Gasteiger partial charge in [0.05, 0.1) is 11.0 Å². The van der Waals surface area contributed by atoms with E-state index < -0.39 is 0 Å². The van der Waals surface area contributed by atoms with Crippen molar-refractivity contribution in [1.82, 2.24) is 4.57 Å². The lowest BCUT2D eigenvalue weighted by Crippen LogP contribution is -2.60. The summed E-state index contributed by atoms with van der Waals surface area (Å²) in [7, 11) is 0. The van der Waals surface area contributed by atoms with Gasteiger partial charge in [0, 0.05) is 75.6 Å². The van der Waals surface area contributed by atoms with E-state index in [-0.39, 0.29) is 28.5 Å². The van der Waals surface area contributed by atoms with Crippen LogP contribution in [-0.4, -0.2) is 11.4 Å². The Kier molecular flexibility index (Phi) is 8.73. The van der Waals surface area contributed by atoms with Crippen LogP contribution < -0.4 is 15.7 Å². The highest BCUT2D eigenvalue weighted by Gasteiger charge is 2.47. The van der Waals surface area contributed by atoms with Gasteiger partial charge in [-0.1, -0.05) is 166 Å². The minimum Gasteiger partial charge on any atom is -0.455 e. The second-order valence-electron chi connectivity index (χ2n) is 24.3. The Morgan fingerprint density at radius 2 is 1.20 bits per heavy atom. The molecule has 3 aliphatic rings. The molecule has 3 aromatic heterocycles. The Morgan fingerprint density at radius 3 is 1.89 bits per heavy atom. The van der Waals surface area contributed by atoms with E-state index in [1.165, 1.54) is 103 Å². The SMILES string of the molecule is CC(C)(C)c1ccc(N2B3c4cc5oc(-c6ccccc6)c(-c6ccccc6)c5cc4-n4c5cc6c(cc5c5c7c(sc8ccccc87)c(c3c54)-c3cc(C(C)(C)C)ccc32)C(C)(C)CCC6(C)C)cc1. The van der Waals surface area contributed by atoms with Gasteiger partial charge in [0.25, 0.3) is 0 Å². The van der Waals surface area contributed by atoms with E-state index in [1.807, 2.05) is 11.3 Å². The summed E-state index contributed by atoms with van der Waals surface area (Å²) in [5.41, 5.74) is 21.5. The molecular formula is C66H59BN2OS. The number of hydrogen-bond acceptors (Lipinski definition) is 3. The van der Waals surface area contributed by atoms with Crippen molar-refractivity contribution in [2.45, 2.75) is 104 Å². The van der Waals surface area contributed by atoms with Crippen molar-refractivity contribution in [3.05, 3.63) is 174 Å². The number of rotatable bonds is 3. The number of aromatic nitrogens is 1. The van der Waals surface area contributed by atoms with E-state index in [9.17, 15) is 0 Å². The van der Waals surface area contributed by atoms with Crippen molar-refractivity contribution in [2.24, 2.45) is 0 Å². The zero-order chi connectivity index (χ0) is 48.7. The molecule has 0 saturated carbocycles. The van der Waals surface area contributed by atoms with Crippen LogP contribution >= 0.6 is 11.3 Å². The van der Waals surface area contributed by atoms with E-state index in [0.717, 1.165) is 46.3 Å². The fourth-order valence-corrected chi connectivity index (χ4v) is 14.3. The minimum atomic E-state index is -0.167. The van der Waals surface area contributed by atoms with Gasteiger partial charge < -0.3 is 13.8 Å². The average molecular weight is 939 g/mol. The lowest BCUT2D eigenvalue weighted by atomic mass is 9.43. The zero-order valence-electron chi connectivity index (χ0n) is 42.6. The Balaban J connectivity index is 1.23. The second-order valence-corrected chi connectivity index (χ2v) is 25.4. The molecule has 0 amide bonds. The van der Waals surface area contributed by atoms with Gasteiger partial charge in [-0.25, -0.2) is 0 Å². The minimum absolute atomic E-state index is 0.0178. The van der Waals surface area contributed by atoms with Crippen molar-refractivity contribution >= 4 is 93.4 Å². The first-order valence-corrected chi connectivity index (χ1v) is 26.6. The highest BCUT2D eigenvalue weighted by Crippen LogP contribution is 2.56. The maximum atomic E-state index is 7.30. The molecule has 3 nitrogen and oxygen atoms in total. The third kappa shape index (κ3) is 6.02. The average Bonchev–Trinajstić information content (AvgIpc) is 4.05. The molecular weight excluding hydrogens is 880 g/mol. The molecule has 0 radical (unpaired) electrons. The molecule has 0 atom stereocenters. The Morgan fingerprint density at radius 1 is 0.563 bits per heavy atom. The van der Waals surface area contributed by atoms with Crippen LogP contribution in [0.25, 0.3) is 92.2 Å². The summed E-state index contributed by atoms with van der Waals surface area (Å²) in [4.78, 5) is 2.69. The number of nitrogens with zero attached hydrogens (tertiary/aromatic N) is 2. The first kappa shape index (κ1) is 43.0. The van der Waals surface area contributed by atoms with Crippen LogP contribution in [0.1, 0.15) is 104 Å². The molecule has 0 bridgehead atoms. The summed E-state index contributed by atoms with van der Waals surface area (Å²) in [5.74, 6) is 0.901. The van der Waals surface area contributed by atoms with Gasteiger partial charge in [0.2, 0.25) is 0 Å². The van der Waals surface area contributed by atoms with Crippen LogP contribution in [0.2, 0.25) is 0 Å². The summed E-state index contributed by atoms with van der Waals surface area (Å²) >= 11 is 1.98. The molecule has 5 heterocycles. The topological polar surface area (TPSA) is 21.3 Å². The molecule has 11 aromatic rings. The predicted molar refractivity (Wildman–Crippen MR) is 306 cm³/mol. The van der Waals surface area contributed by atoms with E-state index in [1.54, 1.807) is 0 Å². The first-order chi connectivity index (χ1) is 34.0. The maximum absolute atomic E-state index is 7.30. The number of hydrogen-bond donors (Lipinski definition) is 0. The number of furan rings is 1. The third-order valence-electron chi connectivity index (χ3n) is 16.9. The van der Waals surface area contributed by atoms with Gasteiger partial charge in [0.15, 0.2) is 0 Å². The largest absolute Gasteiger partial charge is 0.455 e. The van der Waals surface area contributed by atoms with Gasteiger partial charge in [-0.05, 0) is 128 Å². The van der Waals surface area contributed by atoms with Crippen LogP contribution in [0.4, 0.5) is 11.4 Å². The van der Waals surface area contributed by atoms with Crippen molar-refractivity contribution < 1.29 is 4.42 Å². The summed E-state index contributed by atoms with van der Waals surface area (Å²) in [6, 6.07) is 57.9. The monoisotopic (exact) mass is 938 g/mol. The highest BCUT2D eigenvalue weighted by molar-refractivity contribution is 7.27. The molecule has 8 aromatic carbocycles. The molecule has 0 saturated heterocycles. The quantitative estimate of drug-likeness (QED) is 0.165.